The number of fused-ring (bicyclic) bond motifs is 3. The van der Waals surface area contributed by atoms with Crippen molar-refractivity contribution in [1.82, 2.24) is 15.2 Å². The van der Waals surface area contributed by atoms with Gasteiger partial charge in [0.1, 0.15) is 12.6 Å². The van der Waals surface area contributed by atoms with Crippen molar-refractivity contribution in [3.8, 4) is 0 Å². The second-order valence-corrected chi connectivity index (χ2v) is 6.77. The molecule has 0 aliphatic carbocycles. The zero-order valence-corrected chi connectivity index (χ0v) is 15.0. The Balaban J connectivity index is 1.65. The van der Waals surface area contributed by atoms with Crippen LogP contribution in [0.15, 0.2) is 26.7 Å². The first-order valence-corrected chi connectivity index (χ1v) is 8.61. The molecule has 3 aliphatic rings. The number of rotatable bonds is 1. The summed E-state index contributed by atoms with van der Waals surface area (Å²) in [5.41, 5.74) is 0.750. The summed E-state index contributed by atoms with van der Waals surface area (Å²) in [6, 6.07) is 1.87. The second kappa shape index (κ2) is 6.10. The molecule has 4 rings (SSSR count). The topological polar surface area (TPSA) is 99.5 Å². The zero-order chi connectivity index (χ0) is 17.6. The van der Waals surface area contributed by atoms with Gasteiger partial charge in [-0.2, -0.15) is 4.99 Å². The van der Waals surface area contributed by atoms with Crippen LogP contribution < -0.4 is 10.2 Å². The van der Waals surface area contributed by atoms with Crippen LogP contribution in [0.25, 0.3) is 0 Å². The number of amides is 2. The number of ether oxygens (including phenoxy) is 1. The molecule has 0 saturated carbocycles. The Hall–Kier alpha value is -2.49. The lowest BCUT2D eigenvalue weighted by Gasteiger charge is -2.30. The molecule has 1 atom stereocenters. The largest absolute Gasteiger partial charge is 0.444 e. The van der Waals surface area contributed by atoms with Gasteiger partial charge >= 0.3 is 6.09 Å². The lowest BCUT2D eigenvalue weighted by atomic mass is 10.2. The molecule has 1 aromatic heterocycles. The Morgan fingerprint density at radius 1 is 1.40 bits per heavy atom. The van der Waals surface area contributed by atoms with Gasteiger partial charge in [-0.05, 0) is 22.0 Å². The molecule has 130 valence electrons. The quantitative estimate of drug-likeness (QED) is 0.748. The zero-order valence-electron chi connectivity index (χ0n) is 13.4. The van der Waals surface area contributed by atoms with E-state index in [1.165, 1.54) is 7.05 Å². The van der Waals surface area contributed by atoms with Crippen molar-refractivity contribution in [3.63, 3.8) is 0 Å². The average Bonchev–Trinajstić information content (AvgIpc) is 3.20. The van der Waals surface area contributed by atoms with Gasteiger partial charge in [-0.1, -0.05) is 0 Å². The maximum absolute atomic E-state index is 11.9. The Morgan fingerprint density at radius 2 is 2.24 bits per heavy atom. The molecule has 0 bridgehead atoms. The average molecular weight is 407 g/mol. The minimum atomic E-state index is -0.454. The highest BCUT2D eigenvalue weighted by Gasteiger charge is 2.39. The smallest absolute Gasteiger partial charge is 0.407 e. The van der Waals surface area contributed by atoms with Crippen molar-refractivity contribution in [2.45, 2.75) is 12.5 Å². The molecule has 1 saturated heterocycles. The maximum Gasteiger partial charge on any atom is 0.407 e. The fourth-order valence-electron chi connectivity index (χ4n) is 3.09. The molecule has 2 amide bonds. The Morgan fingerprint density at radius 3 is 3.04 bits per heavy atom. The number of hydrogen-bond donors (Lipinski definition) is 1. The van der Waals surface area contributed by atoms with Crippen molar-refractivity contribution >= 4 is 51.1 Å². The highest BCUT2D eigenvalue weighted by Crippen LogP contribution is 2.35. The van der Waals surface area contributed by atoms with E-state index in [1.54, 1.807) is 6.20 Å². The molecular formula is C15H15BrN6O3. The van der Waals surface area contributed by atoms with Crippen LogP contribution in [0.1, 0.15) is 6.42 Å². The van der Waals surface area contributed by atoms with E-state index in [2.05, 4.69) is 36.2 Å². The third-order valence-corrected chi connectivity index (χ3v) is 4.65. The molecule has 0 unspecified atom stereocenters. The van der Waals surface area contributed by atoms with E-state index in [0.717, 1.165) is 10.2 Å². The number of alkyl carbamates (subject to hydrolysis) is 1. The Bertz CT molecular complexity index is 823. The van der Waals surface area contributed by atoms with Crippen molar-refractivity contribution in [2.24, 2.45) is 9.98 Å². The number of carbonyl (C=O) groups is 2. The Kier molecular flexibility index (Phi) is 3.91. The third-order valence-electron chi connectivity index (χ3n) is 4.22. The minimum Gasteiger partial charge on any atom is -0.444 e. The molecule has 9 nitrogen and oxygen atoms in total. The molecule has 10 heteroatoms. The van der Waals surface area contributed by atoms with Crippen molar-refractivity contribution < 1.29 is 14.3 Å². The number of hydrogen-bond acceptors (Lipinski definition) is 7. The number of aromatic nitrogens is 1. The van der Waals surface area contributed by atoms with Crippen molar-refractivity contribution in [1.29, 1.82) is 0 Å². The minimum absolute atomic E-state index is 0.172. The third kappa shape index (κ3) is 2.86. The number of nitrogens with one attached hydrogen (secondary N) is 1. The van der Waals surface area contributed by atoms with Gasteiger partial charge in [0.2, 0.25) is 0 Å². The molecule has 1 fully saturated rings. The number of amidine groups is 2. The lowest BCUT2D eigenvalue weighted by Crippen LogP contribution is -2.45. The van der Waals surface area contributed by atoms with Gasteiger partial charge in [-0.3, -0.25) is 4.79 Å². The van der Waals surface area contributed by atoms with E-state index >= 15 is 0 Å². The van der Waals surface area contributed by atoms with Crippen LogP contribution in [0.2, 0.25) is 0 Å². The van der Waals surface area contributed by atoms with Crippen LogP contribution in [-0.4, -0.2) is 66.3 Å². The summed E-state index contributed by atoms with van der Waals surface area (Å²) >= 11 is 3.39. The van der Waals surface area contributed by atoms with Crippen LogP contribution in [-0.2, 0) is 9.53 Å². The molecule has 1 N–H and O–H groups in total. The molecule has 0 spiro atoms. The summed E-state index contributed by atoms with van der Waals surface area (Å²) in [6.45, 7) is 1.33. The van der Waals surface area contributed by atoms with Gasteiger partial charge in [0.05, 0.1) is 12.2 Å². The first-order valence-electron chi connectivity index (χ1n) is 7.82. The fourth-order valence-corrected chi connectivity index (χ4v) is 3.41. The molecular weight excluding hydrogens is 392 g/mol. The van der Waals surface area contributed by atoms with E-state index in [4.69, 9.17) is 4.74 Å². The molecule has 0 radical (unpaired) electrons. The Labute approximate surface area is 151 Å². The summed E-state index contributed by atoms with van der Waals surface area (Å²) in [5, 5.41) is 2.45. The number of pyridine rings is 1. The molecule has 1 aromatic rings. The van der Waals surface area contributed by atoms with E-state index in [0.29, 0.717) is 37.0 Å². The SMILES string of the molecule is CNC(=O)O[C@@H]1CCN(C2=Nc3ncc(Br)cc3N3CC(=O)N=C23)C1. The molecule has 4 heterocycles. The molecule has 25 heavy (non-hydrogen) atoms. The molecule has 0 aromatic carbocycles. The van der Waals surface area contributed by atoms with Crippen LogP contribution in [0, 0.1) is 0 Å². The van der Waals surface area contributed by atoms with Crippen LogP contribution >= 0.6 is 15.9 Å². The predicted octanol–water partition coefficient (Wildman–Crippen LogP) is 1.06. The summed E-state index contributed by atoms with van der Waals surface area (Å²) in [5.74, 6) is 1.45. The number of halogens is 1. The van der Waals surface area contributed by atoms with Gasteiger partial charge in [0.15, 0.2) is 17.5 Å². The van der Waals surface area contributed by atoms with Crippen LogP contribution in [0.5, 0.6) is 0 Å². The van der Waals surface area contributed by atoms with E-state index in [-0.39, 0.29) is 18.6 Å². The van der Waals surface area contributed by atoms with Gasteiger partial charge in [0.25, 0.3) is 5.91 Å². The predicted molar refractivity (Wildman–Crippen MR) is 94.3 cm³/mol. The van der Waals surface area contributed by atoms with E-state index in [9.17, 15) is 9.59 Å². The van der Waals surface area contributed by atoms with Gasteiger partial charge in [-0.25, -0.2) is 14.8 Å². The summed E-state index contributed by atoms with van der Waals surface area (Å²) < 4.78 is 6.12. The second-order valence-electron chi connectivity index (χ2n) is 5.86. The first-order chi connectivity index (χ1) is 12.0. The van der Waals surface area contributed by atoms with Crippen molar-refractivity contribution in [2.75, 3.05) is 31.6 Å². The van der Waals surface area contributed by atoms with Gasteiger partial charge < -0.3 is 19.9 Å². The first kappa shape index (κ1) is 16.0. The number of anilines is 1. The van der Waals surface area contributed by atoms with Crippen molar-refractivity contribution in [3.05, 3.63) is 16.7 Å². The molecule has 3 aliphatic heterocycles. The number of likely N-dealkylation sites (tertiary alicyclic amines) is 1. The van der Waals surface area contributed by atoms with Crippen LogP contribution in [0.3, 0.4) is 0 Å². The summed E-state index contributed by atoms with van der Waals surface area (Å²) in [7, 11) is 1.53. The van der Waals surface area contributed by atoms with Crippen LogP contribution in [0.4, 0.5) is 16.3 Å². The number of aliphatic imine (C=N–C) groups is 2. The summed E-state index contributed by atoms with van der Waals surface area (Å²) in [4.78, 5) is 40.2. The normalized spacial score (nSPS) is 21.5. The number of carbonyl (C=O) groups excluding carboxylic acids is 2. The number of nitrogens with zero attached hydrogens (tertiary/aromatic N) is 5. The van der Waals surface area contributed by atoms with E-state index in [1.807, 2.05) is 15.9 Å². The van der Waals surface area contributed by atoms with Gasteiger partial charge in [-0.15, -0.1) is 0 Å². The van der Waals surface area contributed by atoms with Gasteiger partial charge in [0, 0.05) is 30.7 Å². The highest BCUT2D eigenvalue weighted by molar-refractivity contribution is 9.10. The van der Waals surface area contributed by atoms with E-state index < -0.39 is 6.09 Å². The maximum atomic E-state index is 11.9. The summed E-state index contributed by atoms with van der Waals surface area (Å²) in [6.07, 6.45) is 1.67. The standard InChI is InChI=1S/C15H15BrN6O3/c1-17-15(24)25-9-2-3-21(6-9)13-14-19-11(23)7-22(14)10-4-8(16)5-18-12(10)20-13/h4-5,9H,2-3,6-7H2,1H3,(H,17,24)/t9-/m1/s1. The monoisotopic (exact) mass is 406 g/mol. The highest BCUT2D eigenvalue weighted by atomic mass is 79.9. The fraction of sp³-hybridized carbons (Fsp3) is 0.400. The lowest BCUT2D eigenvalue weighted by molar-refractivity contribution is -0.115.